The highest BCUT2D eigenvalue weighted by Gasteiger charge is 2.18. The second-order valence-corrected chi connectivity index (χ2v) is 5.85. The molecule has 1 aliphatic heterocycles. The van der Waals surface area contributed by atoms with Crippen LogP contribution in [-0.4, -0.2) is 29.1 Å². The van der Waals surface area contributed by atoms with Crippen LogP contribution in [-0.2, 0) is 13.1 Å². The predicted octanol–water partition coefficient (Wildman–Crippen LogP) is 2.89. The summed E-state index contributed by atoms with van der Waals surface area (Å²) in [6.07, 6.45) is 3.66. The lowest BCUT2D eigenvalue weighted by molar-refractivity contribution is 0.240. The van der Waals surface area contributed by atoms with Gasteiger partial charge in [0.05, 0.1) is 0 Å². The van der Waals surface area contributed by atoms with Crippen molar-refractivity contribution in [3.8, 4) is 0 Å². The molecule has 0 atom stereocenters. The monoisotopic (exact) mass is 271 g/mol. The number of aromatic nitrogens is 1. The minimum absolute atomic E-state index is 0.789. The summed E-state index contributed by atoms with van der Waals surface area (Å²) in [4.78, 5) is 2.57. The Balaban J connectivity index is 2.00. The Hall–Kier alpha value is -1.32. The first-order valence-electron chi connectivity index (χ1n) is 7.80. The molecule has 0 bridgehead atoms. The van der Waals surface area contributed by atoms with Gasteiger partial charge in [0.25, 0.3) is 0 Å². The molecule has 1 aliphatic rings. The SMILES string of the molecule is Cc1c2ccccc2c2n1CCCCN(CCCN)C2. The topological polar surface area (TPSA) is 34.2 Å². The lowest BCUT2D eigenvalue weighted by Crippen LogP contribution is -2.30. The van der Waals surface area contributed by atoms with Crippen molar-refractivity contribution in [2.24, 2.45) is 5.73 Å². The van der Waals surface area contributed by atoms with E-state index in [0.717, 1.165) is 26.1 Å². The normalized spacial score (nSPS) is 16.9. The zero-order valence-corrected chi connectivity index (χ0v) is 12.4. The summed E-state index contributed by atoms with van der Waals surface area (Å²) in [5, 5.41) is 2.85. The summed E-state index contributed by atoms with van der Waals surface area (Å²) in [7, 11) is 0. The van der Waals surface area contributed by atoms with Crippen molar-refractivity contribution in [3.63, 3.8) is 0 Å². The molecule has 0 aliphatic carbocycles. The van der Waals surface area contributed by atoms with Gasteiger partial charge >= 0.3 is 0 Å². The van der Waals surface area contributed by atoms with Gasteiger partial charge in [0, 0.05) is 35.2 Å². The van der Waals surface area contributed by atoms with Gasteiger partial charge in [-0.2, -0.15) is 0 Å². The van der Waals surface area contributed by atoms with Crippen LogP contribution in [0.2, 0.25) is 0 Å². The molecule has 0 saturated heterocycles. The number of benzene rings is 1. The fraction of sp³-hybridized carbons (Fsp3) is 0.529. The van der Waals surface area contributed by atoms with Gasteiger partial charge < -0.3 is 10.3 Å². The van der Waals surface area contributed by atoms with E-state index < -0.39 is 0 Å². The van der Waals surface area contributed by atoms with E-state index in [9.17, 15) is 0 Å². The molecule has 1 aromatic carbocycles. The molecule has 2 N–H and O–H groups in total. The largest absolute Gasteiger partial charge is 0.347 e. The van der Waals surface area contributed by atoms with Crippen LogP contribution in [0, 0.1) is 6.92 Å². The highest BCUT2D eigenvalue weighted by Crippen LogP contribution is 2.28. The predicted molar refractivity (Wildman–Crippen MR) is 84.9 cm³/mol. The van der Waals surface area contributed by atoms with Gasteiger partial charge in [0.15, 0.2) is 0 Å². The van der Waals surface area contributed by atoms with Crippen LogP contribution in [0.5, 0.6) is 0 Å². The molecule has 2 heterocycles. The molecule has 3 nitrogen and oxygen atoms in total. The Kier molecular flexibility index (Phi) is 4.08. The average Bonchev–Trinajstić information content (AvgIpc) is 2.70. The second kappa shape index (κ2) is 5.98. The van der Waals surface area contributed by atoms with Gasteiger partial charge in [-0.05, 0) is 45.8 Å². The summed E-state index contributed by atoms with van der Waals surface area (Å²) >= 11 is 0. The summed E-state index contributed by atoms with van der Waals surface area (Å²) in [6.45, 7) is 7.61. The van der Waals surface area contributed by atoms with Gasteiger partial charge in [0.1, 0.15) is 0 Å². The smallest absolute Gasteiger partial charge is 0.0398 e. The molecule has 0 spiro atoms. The van der Waals surface area contributed by atoms with Crippen molar-refractivity contribution in [2.45, 2.75) is 39.3 Å². The van der Waals surface area contributed by atoms with Crippen LogP contribution in [0.1, 0.15) is 30.7 Å². The molecule has 0 fully saturated rings. The first kappa shape index (κ1) is 13.7. The fourth-order valence-electron chi connectivity index (χ4n) is 3.42. The third-order valence-electron chi connectivity index (χ3n) is 4.52. The highest BCUT2D eigenvalue weighted by molar-refractivity contribution is 5.88. The van der Waals surface area contributed by atoms with Gasteiger partial charge in [-0.1, -0.05) is 24.3 Å². The molecule has 2 aromatic rings. The Morgan fingerprint density at radius 2 is 1.85 bits per heavy atom. The molecule has 0 radical (unpaired) electrons. The third-order valence-corrected chi connectivity index (χ3v) is 4.52. The molecule has 108 valence electrons. The standard InChI is InChI=1S/C17H25N3/c1-14-15-7-2-3-8-16(15)17-13-19(11-6-9-18)10-4-5-12-20(14)17/h2-3,7-8H,4-6,9-13,18H2,1H3. The van der Waals surface area contributed by atoms with Crippen LogP contribution >= 0.6 is 0 Å². The van der Waals surface area contributed by atoms with E-state index in [2.05, 4.69) is 40.7 Å². The molecule has 3 heteroatoms. The summed E-state index contributed by atoms with van der Waals surface area (Å²) in [5.41, 5.74) is 8.60. The third kappa shape index (κ3) is 2.48. The molecule has 0 amide bonds. The minimum atomic E-state index is 0.789. The van der Waals surface area contributed by atoms with Crippen LogP contribution in [0.15, 0.2) is 24.3 Å². The van der Waals surface area contributed by atoms with E-state index in [1.165, 1.54) is 48.1 Å². The minimum Gasteiger partial charge on any atom is -0.347 e. The lowest BCUT2D eigenvalue weighted by atomic mass is 10.1. The van der Waals surface area contributed by atoms with Crippen molar-refractivity contribution in [1.29, 1.82) is 0 Å². The Bertz CT molecular complexity index is 585. The van der Waals surface area contributed by atoms with Crippen molar-refractivity contribution in [1.82, 2.24) is 9.47 Å². The maximum absolute atomic E-state index is 5.67. The zero-order chi connectivity index (χ0) is 13.9. The van der Waals surface area contributed by atoms with Crippen molar-refractivity contribution >= 4 is 10.8 Å². The van der Waals surface area contributed by atoms with Gasteiger partial charge in [-0.3, -0.25) is 4.90 Å². The van der Waals surface area contributed by atoms with Crippen molar-refractivity contribution in [2.75, 3.05) is 19.6 Å². The highest BCUT2D eigenvalue weighted by atomic mass is 15.2. The Morgan fingerprint density at radius 1 is 1.10 bits per heavy atom. The molecule has 1 aromatic heterocycles. The number of nitrogens with two attached hydrogens (primary N) is 1. The van der Waals surface area contributed by atoms with Crippen LogP contribution in [0.25, 0.3) is 10.8 Å². The maximum Gasteiger partial charge on any atom is 0.0398 e. The number of aryl methyl sites for hydroxylation is 1. The van der Waals surface area contributed by atoms with Crippen molar-refractivity contribution < 1.29 is 0 Å². The van der Waals surface area contributed by atoms with Crippen molar-refractivity contribution in [3.05, 3.63) is 35.7 Å². The number of hydrogen-bond donors (Lipinski definition) is 1. The Labute approximate surface area is 121 Å². The quantitative estimate of drug-likeness (QED) is 0.931. The van der Waals surface area contributed by atoms with E-state index in [1.54, 1.807) is 0 Å². The molecule has 3 rings (SSSR count). The fourth-order valence-corrected chi connectivity index (χ4v) is 3.42. The maximum atomic E-state index is 5.67. The molecular weight excluding hydrogens is 246 g/mol. The number of fused-ring (bicyclic) bond motifs is 3. The van der Waals surface area contributed by atoms with E-state index in [-0.39, 0.29) is 0 Å². The summed E-state index contributed by atoms with van der Waals surface area (Å²) in [6, 6.07) is 8.84. The lowest BCUT2D eigenvalue weighted by Gasteiger charge is -2.26. The molecule has 20 heavy (non-hydrogen) atoms. The number of nitrogens with zero attached hydrogens (tertiary/aromatic N) is 2. The first-order chi connectivity index (χ1) is 9.81. The molecular formula is C17H25N3. The number of rotatable bonds is 3. The first-order valence-corrected chi connectivity index (χ1v) is 7.80. The van der Waals surface area contributed by atoms with E-state index in [0.29, 0.717) is 0 Å². The van der Waals surface area contributed by atoms with Gasteiger partial charge in [-0.15, -0.1) is 0 Å². The van der Waals surface area contributed by atoms with E-state index in [1.807, 2.05) is 0 Å². The molecule has 0 unspecified atom stereocenters. The average molecular weight is 271 g/mol. The van der Waals surface area contributed by atoms with E-state index in [4.69, 9.17) is 5.73 Å². The van der Waals surface area contributed by atoms with Gasteiger partial charge in [0.2, 0.25) is 0 Å². The van der Waals surface area contributed by atoms with E-state index >= 15 is 0 Å². The Morgan fingerprint density at radius 3 is 2.65 bits per heavy atom. The zero-order valence-electron chi connectivity index (χ0n) is 12.4. The van der Waals surface area contributed by atoms with Crippen LogP contribution in [0.3, 0.4) is 0 Å². The van der Waals surface area contributed by atoms with Crippen LogP contribution in [0.4, 0.5) is 0 Å². The number of hydrogen-bond acceptors (Lipinski definition) is 2. The second-order valence-electron chi connectivity index (χ2n) is 5.85. The summed E-state index contributed by atoms with van der Waals surface area (Å²) < 4.78 is 2.54. The summed E-state index contributed by atoms with van der Waals surface area (Å²) in [5.74, 6) is 0. The molecule has 0 saturated carbocycles. The van der Waals surface area contributed by atoms with Crippen LogP contribution < -0.4 is 5.73 Å². The van der Waals surface area contributed by atoms with Gasteiger partial charge in [-0.25, -0.2) is 0 Å².